The highest BCUT2D eigenvalue weighted by molar-refractivity contribution is 5.27. The van der Waals surface area contributed by atoms with Crippen molar-refractivity contribution in [2.75, 3.05) is 0 Å². The van der Waals surface area contributed by atoms with Crippen molar-refractivity contribution in [1.29, 1.82) is 0 Å². The highest BCUT2D eigenvalue weighted by Gasteiger charge is 2.50. The Morgan fingerprint density at radius 3 is 2.57 bits per heavy atom. The molecule has 0 heterocycles. The van der Waals surface area contributed by atoms with E-state index in [4.69, 9.17) is 0 Å². The van der Waals surface area contributed by atoms with Gasteiger partial charge >= 0.3 is 0 Å². The van der Waals surface area contributed by atoms with Crippen molar-refractivity contribution in [2.24, 2.45) is 35.0 Å². The Morgan fingerprint density at radius 2 is 1.86 bits per heavy atom. The van der Waals surface area contributed by atoms with Gasteiger partial charge in [-0.05, 0) is 86.4 Å². The molecule has 0 amide bonds. The van der Waals surface area contributed by atoms with Crippen molar-refractivity contribution in [3.05, 3.63) is 35.5 Å². The molecule has 3 rings (SSSR count). The zero-order chi connectivity index (χ0) is 20.3. The van der Waals surface area contributed by atoms with E-state index in [2.05, 4.69) is 53.3 Å². The Labute approximate surface area is 176 Å². The van der Waals surface area contributed by atoms with Crippen LogP contribution in [0.1, 0.15) is 105 Å². The predicted molar refractivity (Wildman–Crippen MR) is 124 cm³/mol. The summed E-state index contributed by atoms with van der Waals surface area (Å²) in [5.74, 6) is 4.23. The standard InChI is InChI=1S/C28H46/c1-20(2)9-7-10-22(4)26-16-17-27-25(11-8-18-28(26,27)6)15-14-24-13-12-21(3)23(5)19-24/h14-15,20,22-23,26-27H,3,7-13,16-19H2,1-2,4-6H3/b24-14-,25-15+. The highest BCUT2D eigenvalue weighted by atomic mass is 14.5. The topological polar surface area (TPSA) is 0 Å². The molecule has 3 aliphatic rings. The van der Waals surface area contributed by atoms with Crippen LogP contribution in [-0.4, -0.2) is 0 Å². The average molecular weight is 383 g/mol. The first-order chi connectivity index (χ1) is 13.3. The summed E-state index contributed by atoms with van der Waals surface area (Å²) < 4.78 is 0. The maximum absolute atomic E-state index is 4.25. The van der Waals surface area contributed by atoms with Crippen molar-refractivity contribution >= 4 is 0 Å². The first kappa shape index (κ1) is 21.9. The minimum absolute atomic E-state index is 0.563. The van der Waals surface area contributed by atoms with Crippen LogP contribution in [-0.2, 0) is 0 Å². The van der Waals surface area contributed by atoms with E-state index in [1.165, 1.54) is 76.2 Å². The molecule has 3 aliphatic carbocycles. The van der Waals surface area contributed by atoms with Gasteiger partial charge in [0.15, 0.2) is 0 Å². The molecule has 5 atom stereocenters. The first-order valence-corrected chi connectivity index (χ1v) is 12.4. The predicted octanol–water partition coefficient (Wildman–Crippen LogP) is 8.89. The average Bonchev–Trinajstić information content (AvgIpc) is 3.00. The fourth-order valence-electron chi connectivity index (χ4n) is 6.85. The summed E-state index contributed by atoms with van der Waals surface area (Å²) >= 11 is 0. The summed E-state index contributed by atoms with van der Waals surface area (Å²) in [6, 6.07) is 0. The minimum atomic E-state index is 0.563. The second-order valence-electron chi connectivity index (χ2n) is 11.2. The number of fused-ring (bicyclic) bond motifs is 1. The van der Waals surface area contributed by atoms with Gasteiger partial charge in [-0.15, -0.1) is 0 Å². The SMILES string of the molecule is C=C1CC/C(=C/C=C2\CCCC3(C)C2CCC3C(C)CCCC(C)C)CC1C. The van der Waals surface area contributed by atoms with Crippen LogP contribution in [0.5, 0.6) is 0 Å². The molecule has 0 heteroatoms. The van der Waals surface area contributed by atoms with E-state index < -0.39 is 0 Å². The molecule has 3 fully saturated rings. The fraction of sp³-hybridized carbons (Fsp3) is 0.786. The summed E-state index contributed by atoms with van der Waals surface area (Å²) in [5.41, 5.74) is 5.47. The minimum Gasteiger partial charge on any atom is -0.0996 e. The molecule has 5 unspecified atom stereocenters. The van der Waals surface area contributed by atoms with Crippen molar-refractivity contribution in [3.63, 3.8) is 0 Å². The van der Waals surface area contributed by atoms with E-state index in [1.807, 2.05) is 0 Å². The number of rotatable bonds is 6. The van der Waals surface area contributed by atoms with Crippen LogP contribution in [0.4, 0.5) is 0 Å². The molecule has 0 N–H and O–H groups in total. The zero-order valence-electron chi connectivity index (χ0n) is 19.5. The molecule has 28 heavy (non-hydrogen) atoms. The van der Waals surface area contributed by atoms with Gasteiger partial charge in [0, 0.05) is 0 Å². The second kappa shape index (κ2) is 9.36. The van der Waals surface area contributed by atoms with Gasteiger partial charge in [-0.25, -0.2) is 0 Å². The summed E-state index contributed by atoms with van der Waals surface area (Å²) in [4.78, 5) is 0. The lowest BCUT2D eigenvalue weighted by molar-refractivity contribution is 0.0929. The van der Waals surface area contributed by atoms with E-state index in [0.717, 1.165) is 23.7 Å². The quantitative estimate of drug-likeness (QED) is 0.402. The number of hydrogen-bond donors (Lipinski definition) is 0. The first-order valence-electron chi connectivity index (χ1n) is 12.4. The zero-order valence-corrected chi connectivity index (χ0v) is 19.5. The molecule has 0 nitrogen and oxygen atoms in total. The Balaban J connectivity index is 1.66. The maximum Gasteiger partial charge on any atom is -0.0143 e. The van der Waals surface area contributed by atoms with Crippen molar-refractivity contribution in [1.82, 2.24) is 0 Å². The van der Waals surface area contributed by atoms with E-state index in [9.17, 15) is 0 Å². The van der Waals surface area contributed by atoms with Gasteiger partial charge in [0.05, 0.1) is 0 Å². The van der Waals surface area contributed by atoms with Crippen molar-refractivity contribution in [2.45, 2.75) is 105 Å². The molecule has 0 bridgehead atoms. The van der Waals surface area contributed by atoms with E-state index >= 15 is 0 Å². The third kappa shape index (κ3) is 4.85. The molecule has 158 valence electrons. The summed E-state index contributed by atoms with van der Waals surface area (Å²) in [5, 5.41) is 0. The molecule has 0 aromatic carbocycles. The summed E-state index contributed by atoms with van der Waals surface area (Å²) in [7, 11) is 0. The van der Waals surface area contributed by atoms with Gasteiger partial charge in [0.1, 0.15) is 0 Å². The van der Waals surface area contributed by atoms with Crippen LogP contribution < -0.4 is 0 Å². The van der Waals surface area contributed by atoms with Crippen LogP contribution in [0.3, 0.4) is 0 Å². The van der Waals surface area contributed by atoms with Crippen molar-refractivity contribution in [3.8, 4) is 0 Å². The van der Waals surface area contributed by atoms with E-state index in [1.54, 1.807) is 11.1 Å². The molecule has 0 aliphatic heterocycles. The molecule has 0 saturated heterocycles. The van der Waals surface area contributed by atoms with Gasteiger partial charge in [-0.1, -0.05) is 89.3 Å². The van der Waals surface area contributed by atoms with Crippen LogP contribution in [0, 0.1) is 35.0 Å². The third-order valence-corrected chi connectivity index (χ3v) is 8.73. The molecular weight excluding hydrogens is 336 g/mol. The largest absolute Gasteiger partial charge is 0.0996 e. The van der Waals surface area contributed by atoms with E-state index in [-0.39, 0.29) is 0 Å². The normalized spacial score (nSPS) is 37.6. The van der Waals surface area contributed by atoms with Crippen LogP contribution >= 0.6 is 0 Å². The van der Waals surface area contributed by atoms with Crippen molar-refractivity contribution < 1.29 is 0 Å². The molecule has 3 saturated carbocycles. The van der Waals surface area contributed by atoms with Gasteiger partial charge in [-0.3, -0.25) is 0 Å². The molecular formula is C28H46. The maximum atomic E-state index is 4.25. The Hall–Kier alpha value is -0.780. The third-order valence-electron chi connectivity index (χ3n) is 8.73. The van der Waals surface area contributed by atoms with Crippen LogP contribution in [0.15, 0.2) is 35.5 Å². The molecule has 0 aromatic heterocycles. The Bertz CT molecular complexity index is 604. The lowest BCUT2D eigenvalue weighted by atomic mass is 9.60. The molecule has 0 aromatic rings. The Morgan fingerprint density at radius 1 is 1.07 bits per heavy atom. The van der Waals surface area contributed by atoms with Gasteiger partial charge in [0.2, 0.25) is 0 Å². The molecule has 0 radical (unpaired) electrons. The van der Waals surface area contributed by atoms with Crippen LogP contribution in [0.2, 0.25) is 0 Å². The van der Waals surface area contributed by atoms with Crippen LogP contribution in [0.25, 0.3) is 0 Å². The second-order valence-corrected chi connectivity index (χ2v) is 11.2. The summed E-state index contributed by atoms with van der Waals surface area (Å²) in [6.45, 7) is 16.5. The fourth-order valence-corrected chi connectivity index (χ4v) is 6.85. The summed E-state index contributed by atoms with van der Waals surface area (Å²) in [6.07, 6.45) is 20.2. The monoisotopic (exact) mass is 382 g/mol. The highest BCUT2D eigenvalue weighted by Crippen LogP contribution is 2.59. The van der Waals surface area contributed by atoms with Gasteiger partial charge in [-0.2, -0.15) is 0 Å². The molecule has 0 spiro atoms. The number of hydrogen-bond acceptors (Lipinski definition) is 0. The Kier molecular flexibility index (Phi) is 7.32. The van der Waals surface area contributed by atoms with Gasteiger partial charge in [0.25, 0.3) is 0 Å². The number of allylic oxidation sites excluding steroid dienone is 5. The lowest BCUT2D eigenvalue weighted by Gasteiger charge is -2.44. The van der Waals surface area contributed by atoms with E-state index in [0.29, 0.717) is 11.3 Å². The lowest BCUT2D eigenvalue weighted by Crippen LogP contribution is -2.36. The smallest absolute Gasteiger partial charge is 0.0143 e. The van der Waals surface area contributed by atoms with Gasteiger partial charge < -0.3 is 0 Å².